The molecule has 1 aliphatic rings. The SMILES string of the molecule is COc1cc2c(c(OC)c1OC)[C@@H](O)[C@H](Cc1ccccc1)CO2. The van der Waals surface area contributed by atoms with Crippen LogP contribution in [0.4, 0.5) is 0 Å². The summed E-state index contributed by atoms with van der Waals surface area (Å²) in [5.74, 6) is 1.94. The predicted molar refractivity (Wildman–Crippen MR) is 90.2 cm³/mol. The van der Waals surface area contributed by atoms with Crippen LogP contribution in [0.15, 0.2) is 36.4 Å². The highest BCUT2D eigenvalue weighted by Gasteiger charge is 2.35. The Balaban J connectivity index is 1.98. The highest BCUT2D eigenvalue weighted by Crippen LogP contribution is 2.51. The third-order valence-corrected chi connectivity index (χ3v) is 4.37. The van der Waals surface area contributed by atoms with E-state index in [9.17, 15) is 5.11 Å². The Hall–Kier alpha value is -2.40. The maximum atomic E-state index is 10.9. The molecular weight excluding hydrogens is 308 g/mol. The first-order valence-electron chi connectivity index (χ1n) is 7.87. The standard InChI is InChI=1S/C19H22O5/c1-21-15-10-14-16(19(23-3)18(15)22-2)17(20)13(11-24-14)9-12-7-5-4-6-8-12/h4-8,10,13,17,20H,9,11H2,1-3H3/t13-,17+/m1/s1. The van der Waals surface area contributed by atoms with Crippen LogP contribution in [-0.2, 0) is 6.42 Å². The van der Waals surface area contributed by atoms with Gasteiger partial charge < -0.3 is 24.1 Å². The van der Waals surface area contributed by atoms with Gasteiger partial charge >= 0.3 is 0 Å². The number of ether oxygens (including phenoxy) is 4. The Morgan fingerprint density at radius 1 is 1.04 bits per heavy atom. The summed E-state index contributed by atoms with van der Waals surface area (Å²) in [6.07, 6.45) is 0.0163. The summed E-state index contributed by atoms with van der Waals surface area (Å²) in [5.41, 5.74) is 1.77. The van der Waals surface area contributed by atoms with E-state index < -0.39 is 6.10 Å². The zero-order valence-electron chi connectivity index (χ0n) is 14.1. The largest absolute Gasteiger partial charge is 0.493 e. The highest BCUT2D eigenvalue weighted by molar-refractivity contribution is 5.63. The van der Waals surface area contributed by atoms with E-state index in [-0.39, 0.29) is 5.92 Å². The van der Waals surface area contributed by atoms with E-state index in [0.717, 1.165) is 12.0 Å². The minimum atomic E-state index is -0.705. The molecule has 2 aromatic rings. The van der Waals surface area contributed by atoms with Crippen molar-refractivity contribution in [2.45, 2.75) is 12.5 Å². The van der Waals surface area contributed by atoms with Crippen LogP contribution in [-0.4, -0.2) is 33.0 Å². The number of hydrogen-bond donors (Lipinski definition) is 1. The summed E-state index contributed by atoms with van der Waals surface area (Å²) >= 11 is 0. The molecule has 0 saturated carbocycles. The van der Waals surface area contributed by atoms with Crippen molar-refractivity contribution in [1.82, 2.24) is 0 Å². The van der Waals surface area contributed by atoms with Gasteiger partial charge in [0.1, 0.15) is 5.75 Å². The van der Waals surface area contributed by atoms with Gasteiger partial charge in [0.25, 0.3) is 0 Å². The summed E-state index contributed by atoms with van der Waals surface area (Å²) in [6.45, 7) is 0.432. The van der Waals surface area contributed by atoms with Crippen LogP contribution >= 0.6 is 0 Å². The Kier molecular flexibility index (Phi) is 4.81. The minimum Gasteiger partial charge on any atom is -0.493 e. The van der Waals surface area contributed by atoms with Crippen molar-refractivity contribution in [3.8, 4) is 23.0 Å². The monoisotopic (exact) mass is 330 g/mol. The van der Waals surface area contributed by atoms with E-state index in [1.54, 1.807) is 27.4 Å². The molecule has 0 unspecified atom stereocenters. The zero-order valence-corrected chi connectivity index (χ0v) is 14.1. The number of aliphatic hydroxyl groups excluding tert-OH is 1. The van der Waals surface area contributed by atoms with Crippen LogP contribution in [0.1, 0.15) is 17.2 Å². The van der Waals surface area contributed by atoms with Gasteiger partial charge in [-0.15, -0.1) is 0 Å². The summed E-state index contributed by atoms with van der Waals surface area (Å²) in [7, 11) is 4.65. The average Bonchev–Trinajstić information content (AvgIpc) is 2.63. The molecule has 0 aliphatic carbocycles. The normalized spacial score (nSPS) is 19.2. The van der Waals surface area contributed by atoms with E-state index in [1.807, 2.05) is 30.3 Å². The van der Waals surface area contributed by atoms with Crippen LogP contribution in [0.25, 0.3) is 0 Å². The number of aliphatic hydroxyl groups is 1. The first kappa shape index (κ1) is 16.5. The van der Waals surface area contributed by atoms with E-state index in [1.165, 1.54) is 0 Å². The smallest absolute Gasteiger partial charge is 0.203 e. The molecule has 128 valence electrons. The topological polar surface area (TPSA) is 57.2 Å². The quantitative estimate of drug-likeness (QED) is 0.913. The number of methoxy groups -OCH3 is 3. The van der Waals surface area contributed by atoms with Gasteiger partial charge in [-0.1, -0.05) is 30.3 Å². The molecule has 24 heavy (non-hydrogen) atoms. The lowest BCUT2D eigenvalue weighted by Gasteiger charge is -2.32. The Morgan fingerprint density at radius 3 is 2.38 bits per heavy atom. The molecule has 0 radical (unpaired) electrons. The zero-order chi connectivity index (χ0) is 17.1. The second-order valence-electron chi connectivity index (χ2n) is 5.76. The van der Waals surface area contributed by atoms with Crippen molar-refractivity contribution in [3.63, 3.8) is 0 Å². The molecule has 2 atom stereocenters. The molecule has 0 spiro atoms. The van der Waals surface area contributed by atoms with Crippen LogP contribution < -0.4 is 18.9 Å². The van der Waals surface area contributed by atoms with Crippen LogP contribution in [0, 0.1) is 5.92 Å². The summed E-state index contributed by atoms with van der Waals surface area (Å²) in [6, 6.07) is 11.8. The fraction of sp³-hybridized carbons (Fsp3) is 0.368. The fourth-order valence-electron chi connectivity index (χ4n) is 3.17. The van der Waals surface area contributed by atoms with Gasteiger partial charge in [-0.25, -0.2) is 0 Å². The number of fused-ring (bicyclic) bond motifs is 1. The minimum absolute atomic E-state index is 0.0631. The summed E-state index contributed by atoms with van der Waals surface area (Å²) in [5, 5.41) is 10.9. The molecule has 0 amide bonds. The van der Waals surface area contributed by atoms with Crippen LogP contribution in [0.2, 0.25) is 0 Å². The summed E-state index contributed by atoms with van der Waals surface area (Å²) in [4.78, 5) is 0. The van der Waals surface area contributed by atoms with Gasteiger partial charge in [-0.3, -0.25) is 0 Å². The van der Waals surface area contributed by atoms with Crippen LogP contribution in [0.5, 0.6) is 23.0 Å². The average molecular weight is 330 g/mol. The lowest BCUT2D eigenvalue weighted by Crippen LogP contribution is -2.28. The molecular formula is C19H22O5. The van der Waals surface area contributed by atoms with Gasteiger partial charge in [0.05, 0.1) is 39.6 Å². The highest BCUT2D eigenvalue weighted by atomic mass is 16.5. The maximum Gasteiger partial charge on any atom is 0.203 e. The van der Waals surface area contributed by atoms with E-state index in [4.69, 9.17) is 18.9 Å². The van der Waals surface area contributed by atoms with Crippen molar-refractivity contribution in [1.29, 1.82) is 0 Å². The van der Waals surface area contributed by atoms with Gasteiger partial charge in [0.2, 0.25) is 5.75 Å². The Morgan fingerprint density at radius 2 is 1.75 bits per heavy atom. The number of rotatable bonds is 5. The van der Waals surface area contributed by atoms with Gasteiger partial charge in [-0.2, -0.15) is 0 Å². The molecule has 1 heterocycles. The van der Waals surface area contributed by atoms with Crippen molar-refractivity contribution >= 4 is 0 Å². The molecule has 0 bridgehead atoms. The van der Waals surface area contributed by atoms with E-state index in [2.05, 4.69) is 0 Å². The van der Waals surface area contributed by atoms with Gasteiger partial charge in [0, 0.05) is 12.0 Å². The Labute approximate surface area is 141 Å². The molecule has 2 aromatic carbocycles. The van der Waals surface area contributed by atoms with E-state index in [0.29, 0.717) is 35.2 Å². The Bertz CT molecular complexity index is 699. The van der Waals surface area contributed by atoms with E-state index >= 15 is 0 Å². The lowest BCUT2D eigenvalue weighted by molar-refractivity contribution is 0.0476. The van der Waals surface area contributed by atoms with Crippen molar-refractivity contribution in [3.05, 3.63) is 47.5 Å². The number of benzene rings is 2. The molecule has 5 nitrogen and oxygen atoms in total. The third-order valence-electron chi connectivity index (χ3n) is 4.37. The fourth-order valence-corrected chi connectivity index (χ4v) is 3.17. The predicted octanol–water partition coefficient (Wildman–Crippen LogP) is 3.00. The van der Waals surface area contributed by atoms with Gasteiger partial charge in [-0.05, 0) is 12.0 Å². The first-order chi connectivity index (χ1) is 11.7. The lowest BCUT2D eigenvalue weighted by atomic mass is 9.87. The van der Waals surface area contributed by atoms with Gasteiger partial charge in [0.15, 0.2) is 11.5 Å². The van der Waals surface area contributed by atoms with Crippen molar-refractivity contribution in [2.75, 3.05) is 27.9 Å². The van der Waals surface area contributed by atoms with Crippen LogP contribution in [0.3, 0.4) is 0 Å². The molecule has 0 saturated heterocycles. The molecule has 3 rings (SSSR count). The first-order valence-corrected chi connectivity index (χ1v) is 7.87. The van der Waals surface area contributed by atoms with Crippen molar-refractivity contribution in [2.24, 2.45) is 5.92 Å². The maximum absolute atomic E-state index is 10.9. The number of hydrogen-bond acceptors (Lipinski definition) is 5. The van der Waals surface area contributed by atoms with Crippen molar-refractivity contribution < 1.29 is 24.1 Å². The molecule has 1 aliphatic heterocycles. The molecule has 0 aromatic heterocycles. The third kappa shape index (κ3) is 2.87. The second-order valence-corrected chi connectivity index (χ2v) is 5.76. The second kappa shape index (κ2) is 7.01. The summed E-state index contributed by atoms with van der Waals surface area (Å²) < 4.78 is 22.1. The molecule has 1 N–H and O–H groups in total. The molecule has 5 heteroatoms. The molecule has 0 fully saturated rings.